The summed E-state index contributed by atoms with van der Waals surface area (Å²) in [5.41, 5.74) is 4.06. The van der Waals surface area contributed by atoms with Crippen LogP contribution in [0.5, 0.6) is 0 Å². The van der Waals surface area contributed by atoms with Crippen LogP contribution in [0.25, 0.3) is 11.1 Å². The number of oxazole rings is 1. The minimum Gasteiger partial charge on any atom is -0.408 e. The zero-order valence-electron chi connectivity index (χ0n) is 19.3. The Balaban J connectivity index is 1.18. The van der Waals surface area contributed by atoms with Gasteiger partial charge >= 0.3 is 5.76 Å². The average Bonchev–Trinajstić information content (AvgIpc) is 3.42. The zero-order chi connectivity index (χ0) is 22.9. The maximum absolute atomic E-state index is 12.7. The van der Waals surface area contributed by atoms with Crippen molar-refractivity contribution in [2.24, 2.45) is 17.8 Å². The van der Waals surface area contributed by atoms with Crippen molar-refractivity contribution >= 4 is 22.7 Å². The second kappa shape index (κ2) is 9.09. The normalized spacial score (nSPS) is 22.7. The van der Waals surface area contributed by atoms with Crippen molar-refractivity contribution in [3.8, 4) is 0 Å². The molecule has 3 aromatic rings. The van der Waals surface area contributed by atoms with Crippen molar-refractivity contribution in [2.45, 2.75) is 46.1 Å². The second-order valence-corrected chi connectivity index (χ2v) is 9.56. The SMILES string of the molecule is CCCn1c(=O)oc2cc(NC(=O)CN3C[C@H]4CC[C@H](Cc5cc(C)ncn5)[C@H]4C3)ccc21. The number of fused-ring (bicyclic) bond motifs is 2. The number of carbonyl (C=O) groups excluding carboxylic acids is 1. The average molecular weight is 450 g/mol. The molecule has 2 aliphatic rings. The molecule has 2 fully saturated rings. The van der Waals surface area contributed by atoms with Crippen LogP contribution in [0.1, 0.15) is 37.6 Å². The summed E-state index contributed by atoms with van der Waals surface area (Å²) < 4.78 is 6.99. The number of rotatable bonds is 7. The van der Waals surface area contributed by atoms with Crippen LogP contribution in [-0.2, 0) is 17.8 Å². The molecule has 1 aliphatic heterocycles. The molecule has 1 aromatic carbocycles. The predicted molar refractivity (Wildman–Crippen MR) is 126 cm³/mol. The molecule has 1 saturated carbocycles. The molecule has 2 aromatic heterocycles. The largest absolute Gasteiger partial charge is 0.419 e. The van der Waals surface area contributed by atoms with Gasteiger partial charge in [-0.25, -0.2) is 14.8 Å². The van der Waals surface area contributed by atoms with E-state index in [0.717, 1.165) is 42.8 Å². The molecule has 3 atom stereocenters. The molecule has 8 nitrogen and oxygen atoms in total. The molecular weight excluding hydrogens is 418 g/mol. The molecule has 3 heterocycles. The third kappa shape index (κ3) is 4.57. The minimum atomic E-state index is -0.356. The van der Waals surface area contributed by atoms with Crippen LogP contribution < -0.4 is 11.1 Å². The van der Waals surface area contributed by atoms with Gasteiger partial charge in [-0.3, -0.25) is 14.3 Å². The lowest BCUT2D eigenvalue weighted by Gasteiger charge is -2.20. The Morgan fingerprint density at radius 1 is 1.21 bits per heavy atom. The van der Waals surface area contributed by atoms with Crippen LogP contribution in [0.2, 0.25) is 0 Å². The third-order valence-electron chi connectivity index (χ3n) is 7.18. The third-order valence-corrected chi connectivity index (χ3v) is 7.18. The van der Waals surface area contributed by atoms with Crippen molar-refractivity contribution < 1.29 is 9.21 Å². The number of carbonyl (C=O) groups is 1. The van der Waals surface area contributed by atoms with Gasteiger partial charge in [0.2, 0.25) is 5.91 Å². The van der Waals surface area contributed by atoms with Gasteiger partial charge in [-0.15, -0.1) is 0 Å². The summed E-state index contributed by atoms with van der Waals surface area (Å²) in [7, 11) is 0. The van der Waals surface area contributed by atoms with Gasteiger partial charge in [0, 0.05) is 42.8 Å². The maximum Gasteiger partial charge on any atom is 0.419 e. The van der Waals surface area contributed by atoms with E-state index in [1.165, 1.54) is 12.8 Å². The van der Waals surface area contributed by atoms with Crippen LogP contribution in [0.3, 0.4) is 0 Å². The van der Waals surface area contributed by atoms with Crippen LogP contribution in [0.4, 0.5) is 5.69 Å². The quantitative estimate of drug-likeness (QED) is 0.595. The number of likely N-dealkylation sites (tertiary alicyclic amines) is 1. The van der Waals surface area contributed by atoms with Gasteiger partial charge in [-0.1, -0.05) is 6.92 Å². The first-order chi connectivity index (χ1) is 16.0. The fourth-order valence-electron chi connectivity index (χ4n) is 5.73. The van der Waals surface area contributed by atoms with Gasteiger partial charge < -0.3 is 9.73 Å². The Morgan fingerprint density at radius 3 is 2.91 bits per heavy atom. The smallest absolute Gasteiger partial charge is 0.408 e. The van der Waals surface area contributed by atoms with E-state index >= 15 is 0 Å². The van der Waals surface area contributed by atoms with Crippen LogP contribution in [0, 0.1) is 24.7 Å². The maximum atomic E-state index is 12.7. The summed E-state index contributed by atoms with van der Waals surface area (Å²) >= 11 is 0. The molecule has 0 unspecified atom stereocenters. The van der Waals surface area contributed by atoms with E-state index in [1.807, 2.05) is 26.0 Å². The van der Waals surface area contributed by atoms with Crippen molar-refractivity contribution in [1.29, 1.82) is 0 Å². The first kappa shape index (κ1) is 21.8. The van der Waals surface area contributed by atoms with Crippen molar-refractivity contribution in [2.75, 3.05) is 25.0 Å². The molecule has 1 N–H and O–H groups in total. The second-order valence-electron chi connectivity index (χ2n) is 9.56. The van der Waals surface area contributed by atoms with Gasteiger partial charge in [-0.05, 0) is 68.6 Å². The van der Waals surface area contributed by atoms with E-state index < -0.39 is 0 Å². The molecule has 0 spiro atoms. The summed E-state index contributed by atoms with van der Waals surface area (Å²) in [4.78, 5) is 35.7. The Hall–Kier alpha value is -3.00. The first-order valence-corrected chi connectivity index (χ1v) is 11.9. The summed E-state index contributed by atoms with van der Waals surface area (Å²) in [6.45, 7) is 6.96. The molecule has 174 valence electrons. The molecular formula is C25H31N5O3. The topological polar surface area (TPSA) is 93.3 Å². The number of aryl methyl sites for hydroxylation is 2. The fraction of sp³-hybridized carbons (Fsp3) is 0.520. The highest BCUT2D eigenvalue weighted by Crippen LogP contribution is 2.43. The lowest BCUT2D eigenvalue weighted by molar-refractivity contribution is -0.117. The summed E-state index contributed by atoms with van der Waals surface area (Å²) in [5.74, 6) is 1.51. The zero-order valence-corrected chi connectivity index (χ0v) is 19.3. The highest BCUT2D eigenvalue weighted by Gasteiger charge is 2.42. The van der Waals surface area contributed by atoms with E-state index in [2.05, 4.69) is 26.3 Å². The Morgan fingerprint density at radius 2 is 2.09 bits per heavy atom. The van der Waals surface area contributed by atoms with Crippen LogP contribution in [-0.4, -0.2) is 45.0 Å². The van der Waals surface area contributed by atoms with Gasteiger partial charge in [-0.2, -0.15) is 0 Å². The molecule has 1 aliphatic carbocycles. The Labute approximate surface area is 193 Å². The predicted octanol–water partition coefficient (Wildman–Crippen LogP) is 3.24. The van der Waals surface area contributed by atoms with Gasteiger partial charge in [0.25, 0.3) is 0 Å². The highest BCUT2D eigenvalue weighted by molar-refractivity contribution is 5.94. The van der Waals surface area contributed by atoms with E-state index in [1.54, 1.807) is 17.0 Å². The number of benzene rings is 1. The molecule has 33 heavy (non-hydrogen) atoms. The summed E-state index contributed by atoms with van der Waals surface area (Å²) in [6.07, 6.45) is 5.96. The number of anilines is 1. The van der Waals surface area contributed by atoms with Gasteiger partial charge in [0.05, 0.1) is 12.1 Å². The van der Waals surface area contributed by atoms with Gasteiger partial charge in [0.15, 0.2) is 5.58 Å². The van der Waals surface area contributed by atoms with E-state index in [0.29, 0.717) is 42.1 Å². The first-order valence-electron chi connectivity index (χ1n) is 11.9. The fourth-order valence-corrected chi connectivity index (χ4v) is 5.73. The number of nitrogens with one attached hydrogen (secondary N) is 1. The molecule has 1 amide bonds. The summed E-state index contributed by atoms with van der Waals surface area (Å²) in [5, 5.41) is 2.98. The lowest BCUT2D eigenvalue weighted by atomic mass is 9.89. The number of hydrogen-bond donors (Lipinski definition) is 1. The molecule has 8 heteroatoms. The number of hydrogen-bond acceptors (Lipinski definition) is 6. The van der Waals surface area contributed by atoms with Crippen LogP contribution >= 0.6 is 0 Å². The van der Waals surface area contributed by atoms with Gasteiger partial charge in [0.1, 0.15) is 6.33 Å². The molecule has 0 radical (unpaired) electrons. The number of amides is 1. The lowest BCUT2D eigenvalue weighted by Crippen LogP contribution is -2.32. The van der Waals surface area contributed by atoms with Crippen molar-refractivity contribution in [1.82, 2.24) is 19.4 Å². The molecule has 0 bridgehead atoms. The van der Waals surface area contributed by atoms with Crippen LogP contribution in [0.15, 0.2) is 39.8 Å². The van der Waals surface area contributed by atoms with E-state index in [-0.39, 0.29) is 11.7 Å². The monoisotopic (exact) mass is 449 g/mol. The highest BCUT2D eigenvalue weighted by atomic mass is 16.4. The van der Waals surface area contributed by atoms with Crippen molar-refractivity contribution in [3.63, 3.8) is 0 Å². The minimum absolute atomic E-state index is 0.0346. The molecule has 1 saturated heterocycles. The summed E-state index contributed by atoms with van der Waals surface area (Å²) in [6, 6.07) is 7.49. The van der Waals surface area contributed by atoms with Crippen molar-refractivity contribution in [3.05, 3.63) is 52.5 Å². The standard InChI is InChI=1S/C25H31N5O3/c1-3-8-30-22-7-6-19(11-23(22)33-25(30)32)28-24(31)14-29-12-18-5-4-17(21(18)13-29)10-20-9-16(2)26-15-27-20/h6-7,9,11,15,17-18,21H,3-5,8,10,12-14H2,1-2H3,(H,28,31)/t17-,18-,21-/m1/s1. The van der Waals surface area contributed by atoms with E-state index in [9.17, 15) is 9.59 Å². The van der Waals surface area contributed by atoms with E-state index in [4.69, 9.17) is 4.42 Å². The number of nitrogens with zero attached hydrogens (tertiary/aromatic N) is 4. The number of aromatic nitrogens is 3. The Bertz CT molecular complexity index is 1220. The Kier molecular flexibility index (Phi) is 6.01. The molecule has 5 rings (SSSR count).